The van der Waals surface area contributed by atoms with Gasteiger partial charge >= 0.3 is 0 Å². The van der Waals surface area contributed by atoms with E-state index in [1.807, 2.05) is 24.8 Å². The van der Waals surface area contributed by atoms with Crippen LogP contribution >= 0.6 is 0 Å². The number of amides is 1. The van der Waals surface area contributed by atoms with E-state index in [1.54, 1.807) is 30.3 Å². The first-order chi connectivity index (χ1) is 15.5. The smallest absolute Gasteiger partial charge is 0.265 e. The van der Waals surface area contributed by atoms with Crippen LogP contribution in [0.1, 0.15) is 29.3 Å². The first-order valence-corrected chi connectivity index (χ1v) is 10.9. The van der Waals surface area contributed by atoms with Crippen molar-refractivity contribution in [2.75, 3.05) is 32.8 Å². The Morgan fingerprint density at radius 1 is 1.28 bits per heavy atom. The molecule has 0 aliphatic carbocycles. The van der Waals surface area contributed by atoms with Crippen molar-refractivity contribution in [3.8, 4) is 11.4 Å². The van der Waals surface area contributed by atoms with Crippen LogP contribution in [-0.2, 0) is 0 Å². The van der Waals surface area contributed by atoms with Crippen molar-refractivity contribution in [3.63, 3.8) is 0 Å². The third-order valence-corrected chi connectivity index (χ3v) is 5.69. The lowest BCUT2D eigenvalue weighted by atomic mass is 10.1. The summed E-state index contributed by atoms with van der Waals surface area (Å²) in [6, 6.07) is 10.5. The predicted molar refractivity (Wildman–Crippen MR) is 122 cm³/mol. The van der Waals surface area contributed by atoms with Gasteiger partial charge in [0.1, 0.15) is 24.9 Å². The van der Waals surface area contributed by atoms with Crippen LogP contribution in [0.4, 0.5) is 4.39 Å². The van der Waals surface area contributed by atoms with Crippen LogP contribution in [0.25, 0.3) is 16.6 Å². The van der Waals surface area contributed by atoms with Crippen molar-refractivity contribution in [2.24, 2.45) is 0 Å². The van der Waals surface area contributed by atoms with Gasteiger partial charge in [0.25, 0.3) is 11.5 Å². The Labute approximate surface area is 185 Å². The van der Waals surface area contributed by atoms with Crippen LogP contribution in [0.15, 0.2) is 47.5 Å². The Balaban J connectivity index is 1.60. The lowest BCUT2D eigenvalue weighted by Crippen LogP contribution is -2.26. The summed E-state index contributed by atoms with van der Waals surface area (Å²) in [7, 11) is 0. The molecule has 1 amide bonds. The fourth-order valence-corrected chi connectivity index (χ4v) is 3.92. The number of nitrogens with one attached hydrogen (secondary N) is 1. The number of halogens is 1. The molecular formula is C24H27FN4O3. The second-order valence-corrected chi connectivity index (χ2v) is 7.99. The molecule has 1 saturated heterocycles. The van der Waals surface area contributed by atoms with Crippen LogP contribution in [0.3, 0.4) is 0 Å². The second-order valence-electron chi connectivity index (χ2n) is 7.99. The molecule has 2 aromatic carbocycles. The number of ether oxygens (including phenoxy) is 1. The molecule has 1 aliphatic heterocycles. The zero-order valence-corrected chi connectivity index (χ0v) is 18.3. The number of aryl methyl sites for hydroxylation is 1. The lowest BCUT2D eigenvalue weighted by Gasteiger charge is -2.15. The van der Waals surface area contributed by atoms with Gasteiger partial charge in [0.2, 0.25) is 0 Å². The SMILES string of the molecule is CCNC(=O)c1ccc(C)c(-n2cnc3ccc(OCCN4CC[C@@H](F)C4)cc3c2=O)c1. The molecule has 1 aromatic heterocycles. The molecule has 32 heavy (non-hydrogen) atoms. The van der Waals surface area contributed by atoms with Crippen molar-refractivity contribution in [2.45, 2.75) is 26.4 Å². The van der Waals surface area contributed by atoms with E-state index in [4.69, 9.17) is 4.74 Å². The fourth-order valence-electron chi connectivity index (χ4n) is 3.92. The number of nitrogens with zero attached hydrogens (tertiary/aromatic N) is 3. The highest BCUT2D eigenvalue weighted by Gasteiger charge is 2.21. The van der Waals surface area contributed by atoms with Gasteiger partial charge in [-0.05, 0) is 56.2 Å². The van der Waals surface area contributed by atoms with E-state index in [0.29, 0.717) is 60.6 Å². The van der Waals surface area contributed by atoms with E-state index in [-0.39, 0.29) is 11.5 Å². The Kier molecular flexibility index (Phi) is 6.50. The standard InChI is InChI=1S/C24H27FN4O3/c1-3-26-23(30)17-5-4-16(2)22(12-17)29-15-27-21-7-6-19(13-20(21)24(29)31)32-11-10-28-9-8-18(25)14-28/h4-7,12-13,15,18H,3,8-11,14H2,1-2H3,(H,26,30)/t18-/m1/s1. The molecule has 0 bridgehead atoms. The average molecular weight is 439 g/mol. The van der Waals surface area contributed by atoms with Gasteiger partial charge in [-0.2, -0.15) is 0 Å². The number of benzene rings is 2. The molecule has 1 fully saturated rings. The van der Waals surface area contributed by atoms with Crippen LogP contribution in [0.2, 0.25) is 0 Å². The van der Waals surface area contributed by atoms with Crippen molar-refractivity contribution >= 4 is 16.8 Å². The van der Waals surface area contributed by atoms with Gasteiger partial charge in [-0.1, -0.05) is 6.07 Å². The molecular weight excluding hydrogens is 411 g/mol. The molecule has 8 heteroatoms. The highest BCUT2D eigenvalue weighted by molar-refractivity contribution is 5.94. The number of likely N-dealkylation sites (tertiary alicyclic amines) is 1. The topological polar surface area (TPSA) is 76.5 Å². The van der Waals surface area contributed by atoms with Crippen LogP contribution in [0, 0.1) is 6.92 Å². The van der Waals surface area contributed by atoms with Gasteiger partial charge in [0, 0.05) is 31.7 Å². The quantitative estimate of drug-likeness (QED) is 0.614. The van der Waals surface area contributed by atoms with Gasteiger partial charge in [-0.3, -0.25) is 19.1 Å². The Morgan fingerprint density at radius 3 is 2.88 bits per heavy atom. The summed E-state index contributed by atoms with van der Waals surface area (Å²) in [5.74, 6) is 0.376. The van der Waals surface area contributed by atoms with E-state index in [2.05, 4.69) is 10.3 Å². The number of alkyl halides is 1. The van der Waals surface area contributed by atoms with Crippen molar-refractivity contribution < 1.29 is 13.9 Å². The number of carbonyl (C=O) groups excluding carboxylic acids is 1. The maximum atomic E-state index is 13.3. The zero-order valence-electron chi connectivity index (χ0n) is 18.3. The first kappa shape index (κ1) is 22.0. The first-order valence-electron chi connectivity index (χ1n) is 10.9. The summed E-state index contributed by atoms with van der Waals surface area (Å²) in [5, 5.41) is 3.20. The van der Waals surface area contributed by atoms with Gasteiger partial charge in [-0.25, -0.2) is 9.37 Å². The minimum absolute atomic E-state index is 0.191. The minimum Gasteiger partial charge on any atom is -0.492 e. The molecule has 0 spiro atoms. The summed E-state index contributed by atoms with van der Waals surface area (Å²) in [4.78, 5) is 32.0. The Bertz CT molecular complexity index is 1190. The van der Waals surface area contributed by atoms with E-state index < -0.39 is 6.17 Å². The third-order valence-electron chi connectivity index (χ3n) is 5.69. The molecule has 1 N–H and O–H groups in total. The van der Waals surface area contributed by atoms with E-state index >= 15 is 0 Å². The number of hydrogen-bond acceptors (Lipinski definition) is 5. The summed E-state index contributed by atoms with van der Waals surface area (Å²) in [6.45, 7) is 6.51. The normalized spacial score (nSPS) is 16.4. The van der Waals surface area contributed by atoms with Crippen molar-refractivity contribution in [1.82, 2.24) is 19.8 Å². The maximum Gasteiger partial charge on any atom is 0.265 e. The summed E-state index contributed by atoms with van der Waals surface area (Å²) < 4.78 is 20.6. The van der Waals surface area contributed by atoms with E-state index in [9.17, 15) is 14.0 Å². The van der Waals surface area contributed by atoms with Crippen molar-refractivity contribution in [3.05, 3.63) is 64.2 Å². The maximum absolute atomic E-state index is 13.3. The van der Waals surface area contributed by atoms with Gasteiger partial charge in [0.05, 0.1) is 16.6 Å². The van der Waals surface area contributed by atoms with Gasteiger partial charge in [0.15, 0.2) is 0 Å². The molecule has 1 aliphatic rings. The Hall–Kier alpha value is -3.26. The average Bonchev–Trinajstić information content (AvgIpc) is 3.20. The Morgan fingerprint density at radius 2 is 2.12 bits per heavy atom. The molecule has 0 unspecified atom stereocenters. The zero-order chi connectivity index (χ0) is 22.7. The molecule has 2 heterocycles. The predicted octanol–water partition coefficient (Wildman–Crippen LogP) is 2.87. The highest BCUT2D eigenvalue weighted by atomic mass is 19.1. The lowest BCUT2D eigenvalue weighted by molar-refractivity contribution is 0.0956. The number of fused-ring (bicyclic) bond motifs is 1. The van der Waals surface area contributed by atoms with Gasteiger partial charge in [-0.15, -0.1) is 0 Å². The summed E-state index contributed by atoms with van der Waals surface area (Å²) >= 11 is 0. The number of hydrogen-bond donors (Lipinski definition) is 1. The van der Waals surface area contributed by atoms with Crippen LogP contribution in [0.5, 0.6) is 5.75 Å². The van der Waals surface area contributed by atoms with E-state index in [0.717, 1.165) is 12.1 Å². The minimum atomic E-state index is -0.754. The highest BCUT2D eigenvalue weighted by Crippen LogP contribution is 2.20. The largest absolute Gasteiger partial charge is 0.492 e. The number of carbonyl (C=O) groups is 1. The van der Waals surface area contributed by atoms with Gasteiger partial charge < -0.3 is 10.1 Å². The molecule has 168 valence electrons. The number of rotatable bonds is 7. The molecule has 0 saturated carbocycles. The summed E-state index contributed by atoms with van der Waals surface area (Å²) in [5.41, 5.74) is 2.26. The van der Waals surface area contributed by atoms with Crippen LogP contribution in [-0.4, -0.2) is 59.3 Å². The third kappa shape index (κ3) is 4.65. The summed E-state index contributed by atoms with van der Waals surface area (Å²) in [6.07, 6.45) is 1.30. The molecule has 1 atom stereocenters. The molecule has 3 aromatic rings. The second kappa shape index (κ2) is 9.48. The van der Waals surface area contributed by atoms with Crippen LogP contribution < -0.4 is 15.6 Å². The molecule has 4 rings (SSSR count). The molecule has 0 radical (unpaired) electrons. The number of aromatic nitrogens is 2. The van der Waals surface area contributed by atoms with E-state index in [1.165, 1.54) is 10.9 Å². The fraction of sp³-hybridized carbons (Fsp3) is 0.375. The molecule has 7 nitrogen and oxygen atoms in total. The monoisotopic (exact) mass is 438 g/mol. The van der Waals surface area contributed by atoms with Crippen molar-refractivity contribution in [1.29, 1.82) is 0 Å².